The van der Waals surface area contributed by atoms with Crippen molar-refractivity contribution in [1.82, 2.24) is 15.5 Å². The number of nitrogens with zero attached hydrogens (tertiary/aromatic N) is 3. The third-order valence-corrected chi connectivity index (χ3v) is 5.01. The zero-order chi connectivity index (χ0) is 18.9. The largest absolute Gasteiger partial charge is 0.355 e. The molecule has 0 bridgehead atoms. The van der Waals surface area contributed by atoms with Crippen LogP contribution in [0.5, 0.6) is 0 Å². The van der Waals surface area contributed by atoms with Gasteiger partial charge in [0.15, 0.2) is 5.96 Å². The van der Waals surface area contributed by atoms with Gasteiger partial charge in [0.1, 0.15) is 0 Å². The summed E-state index contributed by atoms with van der Waals surface area (Å²) in [6, 6.07) is 8.65. The van der Waals surface area contributed by atoms with E-state index in [9.17, 15) is 4.79 Å². The van der Waals surface area contributed by atoms with Gasteiger partial charge in [0.2, 0.25) is 5.91 Å². The van der Waals surface area contributed by atoms with Crippen LogP contribution in [0.2, 0.25) is 0 Å². The van der Waals surface area contributed by atoms with E-state index in [-0.39, 0.29) is 5.91 Å². The Bertz CT molecular complexity index is 595. The number of carbonyl (C=O) groups excluding carboxylic acids is 1. The van der Waals surface area contributed by atoms with E-state index in [0.29, 0.717) is 19.0 Å². The fourth-order valence-corrected chi connectivity index (χ4v) is 3.34. The summed E-state index contributed by atoms with van der Waals surface area (Å²) in [5, 5.41) is 6.75. The highest BCUT2D eigenvalue weighted by Gasteiger charge is 2.21. The van der Waals surface area contributed by atoms with Crippen LogP contribution in [0, 0.1) is 0 Å². The normalized spacial score (nSPS) is 16.3. The number of rotatable bonds is 8. The smallest absolute Gasteiger partial charge is 0.227 e. The summed E-state index contributed by atoms with van der Waals surface area (Å²) in [5.41, 5.74) is 2.16. The highest BCUT2D eigenvalue weighted by molar-refractivity contribution is 5.95. The van der Waals surface area contributed by atoms with E-state index in [4.69, 9.17) is 0 Å². The minimum Gasteiger partial charge on any atom is -0.355 e. The van der Waals surface area contributed by atoms with E-state index in [2.05, 4.69) is 53.4 Å². The Labute approximate surface area is 157 Å². The molecule has 1 aromatic carbocycles. The van der Waals surface area contributed by atoms with Gasteiger partial charge >= 0.3 is 0 Å². The standard InChI is InChI=1S/C20H33N5O/c1-5-24(6-2)16(3)14-22-20(21-4)23-15-17-9-11-18(12-10-17)25-13-7-8-19(25)26/h9-12,16H,5-8,13-15H2,1-4H3,(H2,21,22,23). The Morgan fingerprint density at radius 2 is 1.92 bits per heavy atom. The predicted molar refractivity (Wildman–Crippen MR) is 109 cm³/mol. The number of likely N-dealkylation sites (N-methyl/N-ethyl adjacent to an activating group) is 1. The number of hydrogen-bond donors (Lipinski definition) is 2. The Morgan fingerprint density at radius 3 is 2.46 bits per heavy atom. The molecule has 0 aliphatic carbocycles. The van der Waals surface area contributed by atoms with E-state index in [0.717, 1.165) is 44.2 Å². The highest BCUT2D eigenvalue weighted by atomic mass is 16.2. The number of anilines is 1. The molecule has 26 heavy (non-hydrogen) atoms. The van der Waals surface area contributed by atoms with Gasteiger partial charge in [-0.15, -0.1) is 0 Å². The van der Waals surface area contributed by atoms with Crippen LogP contribution in [-0.4, -0.2) is 56.0 Å². The lowest BCUT2D eigenvalue weighted by Crippen LogP contribution is -2.45. The lowest BCUT2D eigenvalue weighted by atomic mass is 10.2. The molecule has 1 aliphatic rings. The predicted octanol–water partition coefficient (Wildman–Crippen LogP) is 2.21. The van der Waals surface area contributed by atoms with E-state index < -0.39 is 0 Å². The molecule has 2 N–H and O–H groups in total. The van der Waals surface area contributed by atoms with Crippen molar-refractivity contribution in [3.05, 3.63) is 29.8 Å². The number of carbonyl (C=O) groups is 1. The molecule has 144 valence electrons. The van der Waals surface area contributed by atoms with Gasteiger partial charge in [0, 0.05) is 44.8 Å². The van der Waals surface area contributed by atoms with Crippen LogP contribution in [0.15, 0.2) is 29.3 Å². The average molecular weight is 360 g/mol. The fraction of sp³-hybridized carbons (Fsp3) is 0.600. The molecule has 6 heteroatoms. The molecule has 0 saturated carbocycles. The molecule has 1 amide bonds. The minimum absolute atomic E-state index is 0.225. The van der Waals surface area contributed by atoms with E-state index in [1.54, 1.807) is 7.05 Å². The van der Waals surface area contributed by atoms with Crippen LogP contribution in [0.1, 0.15) is 39.2 Å². The summed E-state index contributed by atoms with van der Waals surface area (Å²) in [5.74, 6) is 1.03. The monoisotopic (exact) mass is 359 g/mol. The van der Waals surface area contributed by atoms with Crippen LogP contribution in [-0.2, 0) is 11.3 Å². The summed E-state index contributed by atoms with van der Waals surface area (Å²) in [6.07, 6.45) is 1.62. The number of guanidine groups is 1. The maximum Gasteiger partial charge on any atom is 0.227 e. The number of nitrogens with one attached hydrogen (secondary N) is 2. The van der Waals surface area contributed by atoms with Gasteiger partial charge < -0.3 is 15.5 Å². The molecule has 1 atom stereocenters. The van der Waals surface area contributed by atoms with Crippen molar-refractivity contribution in [2.24, 2.45) is 4.99 Å². The molecular formula is C20H33N5O. The molecule has 6 nitrogen and oxygen atoms in total. The third kappa shape index (κ3) is 5.46. The van der Waals surface area contributed by atoms with Gasteiger partial charge in [-0.1, -0.05) is 26.0 Å². The number of aliphatic imine (C=N–C) groups is 1. The van der Waals surface area contributed by atoms with Gasteiger partial charge in [0.25, 0.3) is 0 Å². The van der Waals surface area contributed by atoms with Crippen LogP contribution in [0.25, 0.3) is 0 Å². The first-order valence-electron chi connectivity index (χ1n) is 9.66. The Kier molecular flexibility index (Phi) is 7.91. The highest BCUT2D eigenvalue weighted by Crippen LogP contribution is 2.21. The number of hydrogen-bond acceptors (Lipinski definition) is 3. The average Bonchev–Trinajstić information content (AvgIpc) is 3.09. The summed E-state index contributed by atoms with van der Waals surface area (Å²) in [7, 11) is 1.79. The van der Waals surface area contributed by atoms with Crippen molar-refractivity contribution in [1.29, 1.82) is 0 Å². The Morgan fingerprint density at radius 1 is 1.23 bits per heavy atom. The van der Waals surface area contributed by atoms with Gasteiger partial charge in [0.05, 0.1) is 0 Å². The van der Waals surface area contributed by atoms with Gasteiger partial charge in [-0.3, -0.25) is 14.7 Å². The van der Waals surface area contributed by atoms with Crippen molar-refractivity contribution in [2.45, 2.75) is 46.2 Å². The minimum atomic E-state index is 0.225. The first-order chi connectivity index (χ1) is 12.6. The van der Waals surface area contributed by atoms with E-state index >= 15 is 0 Å². The van der Waals surface area contributed by atoms with Crippen molar-refractivity contribution < 1.29 is 4.79 Å². The van der Waals surface area contributed by atoms with Crippen molar-refractivity contribution in [3.63, 3.8) is 0 Å². The van der Waals surface area contributed by atoms with Crippen LogP contribution >= 0.6 is 0 Å². The van der Waals surface area contributed by atoms with Crippen LogP contribution < -0.4 is 15.5 Å². The maximum atomic E-state index is 11.8. The number of amides is 1. The topological polar surface area (TPSA) is 60.0 Å². The van der Waals surface area contributed by atoms with Gasteiger partial charge in [-0.2, -0.15) is 0 Å². The third-order valence-electron chi connectivity index (χ3n) is 5.01. The second-order valence-electron chi connectivity index (χ2n) is 6.69. The molecular weight excluding hydrogens is 326 g/mol. The van der Waals surface area contributed by atoms with Gasteiger partial charge in [-0.05, 0) is 44.1 Å². The maximum absolute atomic E-state index is 11.8. The second-order valence-corrected chi connectivity index (χ2v) is 6.69. The van der Waals surface area contributed by atoms with Crippen molar-refractivity contribution in [3.8, 4) is 0 Å². The summed E-state index contributed by atoms with van der Waals surface area (Å²) in [4.78, 5) is 20.4. The van der Waals surface area contributed by atoms with E-state index in [1.807, 2.05) is 17.0 Å². The summed E-state index contributed by atoms with van der Waals surface area (Å²) >= 11 is 0. The SMILES string of the molecule is CCN(CC)C(C)CNC(=NC)NCc1ccc(N2CCCC2=O)cc1. The Hall–Kier alpha value is -2.08. The first-order valence-corrected chi connectivity index (χ1v) is 9.66. The van der Waals surface area contributed by atoms with Crippen LogP contribution in [0.3, 0.4) is 0 Å². The Balaban J connectivity index is 1.81. The fourth-order valence-electron chi connectivity index (χ4n) is 3.34. The molecule has 2 rings (SSSR count). The molecule has 1 aliphatic heterocycles. The van der Waals surface area contributed by atoms with Crippen molar-refractivity contribution >= 4 is 17.6 Å². The van der Waals surface area contributed by atoms with E-state index in [1.165, 1.54) is 5.56 Å². The molecule has 1 heterocycles. The molecule has 0 spiro atoms. The second kappa shape index (κ2) is 10.2. The molecule has 1 fully saturated rings. The first kappa shape index (κ1) is 20.2. The molecule has 1 saturated heterocycles. The molecule has 1 unspecified atom stereocenters. The lowest BCUT2D eigenvalue weighted by molar-refractivity contribution is -0.117. The van der Waals surface area contributed by atoms with Gasteiger partial charge in [-0.25, -0.2) is 0 Å². The summed E-state index contributed by atoms with van der Waals surface area (Å²) in [6.45, 7) is 11.1. The number of benzene rings is 1. The zero-order valence-electron chi connectivity index (χ0n) is 16.6. The molecule has 0 aromatic heterocycles. The quantitative estimate of drug-likeness (QED) is 0.552. The lowest BCUT2D eigenvalue weighted by Gasteiger charge is -2.27. The zero-order valence-corrected chi connectivity index (χ0v) is 16.6. The van der Waals surface area contributed by atoms with Crippen LogP contribution in [0.4, 0.5) is 5.69 Å². The summed E-state index contributed by atoms with van der Waals surface area (Å²) < 4.78 is 0. The molecule has 1 aromatic rings. The molecule has 0 radical (unpaired) electrons. The van der Waals surface area contributed by atoms with Crippen molar-refractivity contribution in [2.75, 3.05) is 38.1 Å².